The molecular weight excluding hydrogens is 388 g/mol. The molecule has 1 aromatic heterocycles. The molecule has 5 rings (SSSR count). The number of nitrogens with one attached hydrogen (secondary N) is 2. The van der Waals surface area contributed by atoms with Gasteiger partial charge in [0.05, 0.1) is 23.0 Å². The molecule has 2 N–H and O–H groups in total. The average molecular weight is 406 g/mol. The van der Waals surface area contributed by atoms with E-state index >= 15 is 0 Å². The molecule has 10 heteroatoms. The van der Waals surface area contributed by atoms with Crippen LogP contribution in [0.1, 0.15) is 39.1 Å². The van der Waals surface area contributed by atoms with E-state index in [2.05, 4.69) is 25.5 Å². The van der Waals surface area contributed by atoms with Gasteiger partial charge in [-0.3, -0.25) is 29.4 Å². The fraction of sp³-hybridized carbons (Fsp3) is 0.300. The number of aromatic nitrogens is 2. The van der Waals surface area contributed by atoms with Crippen molar-refractivity contribution >= 4 is 35.1 Å². The molecule has 0 bridgehead atoms. The second-order valence-corrected chi connectivity index (χ2v) is 7.43. The summed E-state index contributed by atoms with van der Waals surface area (Å²) in [5, 5.41) is 5.42. The summed E-state index contributed by atoms with van der Waals surface area (Å²) in [6.45, 7) is 2.00. The van der Waals surface area contributed by atoms with E-state index in [1.807, 2.05) is 6.07 Å². The van der Waals surface area contributed by atoms with Crippen LogP contribution in [0.4, 0.5) is 11.5 Å². The second-order valence-electron chi connectivity index (χ2n) is 7.43. The molecule has 1 fully saturated rings. The van der Waals surface area contributed by atoms with Crippen LogP contribution in [0.2, 0.25) is 0 Å². The number of benzene rings is 1. The third-order valence-corrected chi connectivity index (χ3v) is 5.59. The van der Waals surface area contributed by atoms with Crippen molar-refractivity contribution in [3.05, 3.63) is 47.4 Å². The molecule has 1 aromatic carbocycles. The first kappa shape index (κ1) is 18.2. The molecule has 2 aromatic rings. The highest BCUT2D eigenvalue weighted by molar-refractivity contribution is 6.23. The SMILES string of the molecule is O=C1CCC(N2C(=O)c3ccc(CN4CCNc5ncncc54)cc3C2=O)C(=O)N1. The lowest BCUT2D eigenvalue weighted by Crippen LogP contribution is -2.54. The van der Waals surface area contributed by atoms with Gasteiger partial charge in [0.15, 0.2) is 5.82 Å². The Kier molecular flexibility index (Phi) is 4.19. The Hall–Kier alpha value is -3.82. The first-order valence-electron chi connectivity index (χ1n) is 9.66. The van der Waals surface area contributed by atoms with Gasteiger partial charge in [-0.05, 0) is 24.1 Å². The third kappa shape index (κ3) is 2.88. The fourth-order valence-corrected chi connectivity index (χ4v) is 4.12. The van der Waals surface area contributed by atoms with Gasteiger partial charge >= 0.3 is 0 Å². The Morgan fingerprint density at radius 2 is 1.93 bits per heavy atom. The van der Waals surface area contributed by atoms with E-state index in [4.69, 9.17) is 0 Å². The molecule has 4 heterocycles. The molecular formula is C20H18N6O4. The quantitative estimate of drug-likeness (QED) is 0.698. The summed E-state index contributed by atoms with van der Waals surface area (Å²) in [5.74, 6) is -1.26. The molecule has 1 unspecified atom stereocenters. The van der Waals surface area contributed by atoms with Crippen LogP contribution in [0.25, 0.3) is 0 Å². The monoisotopic (exact) mass is 406 g/mol. The molecule has 3 aliphatic rings. The second kappa shape index (κ2) is 6.90. The largest absolute Gasteiger partial charge is 0.366 e. The zero-order chi connectivity index (χ0) is 20.8. The van der Waals surface area contributed by atoms with Gasteiger partial charge in [0.2, 0.25) is 11.8 Å². The molecule has 3 aliphatic heterocycles. The van der Waals surface area contributed by atoms with Gasteiger partial charge in [-0.1, -0.05) is 6.07 Å². The highest BCUT2D eigenvalue weighted by atomic mass is 16.2. The number of carbonyl (C=O) groups is 4. The zero-order valence-corrected chi connectivity index (χ0v) is 15.9. The number of amides is 4. The van der Waals surface area contributed by atoms with Crippen molar-refractivity contribution in [3.63, 3.8) is 0 Å². The van der Waals surface area contributed by atoms with Crippen LogP contribution in [0.15, 0.2) is 30.7 Å². The van der Waals surface area contributed by atoms with Crippen LogP contribution in [0.3, 0.4) is 0 Å². The van der Waals surface area contributed by atoms with E-state index in [-0.39, 0.29) is 24.0 Å². The van der Waals surface area contributed by atoms with Crippen molar-refractivity contribution in [2.75, 3.05) is 23.3 Å². The van der Waals surface area contributed by atoms with Crippen LogP contribution in [-0.2, 0) is 16.1 Å². The molecule has 1 saturated heterocycles. The van der Waals surface area contributed by atoms with Crippen LogP contribution in [0.5, 0.6) is 0 Å². The Morgan fingerprint density at radius 1 is 1.10 bits per heavy atom. The Bertz CT molecular complexity index is 1100. The van der Waals surface area contributed by atoms with Crippen molar-refractivity contribution in [1.82, 2.24) is 20.2 Å². The maximum absolute atomic E-state index is 13.0. The lowest BCUT2D eigenvalue weighted by atomic mass is 10.0. The minimum Gasteiger partial charge on any atom is -0.366 e. The third-order valence-electron chi connectivity index (χ3n) is 5.59. The summed E-state index contributed by atoms with van der Waals surface area (Å²) >= 11 is 0. The van der Waals surface area contributed by atoms with Gasteiger partial charge in [-0.2, -0.15) is 0 Å². The summed E-state index contributed by atoms with van der Waals surface area (Å²) in [6.07, 6.45) is 3.46. The summed E-state index contributed by atoms with van der Waals surface area (Å²) in [6, 6.07) is 4.17. The van der Waals surface area contributed by atoms with E-state index in [0.717, 1.165) is 35.1 Å². The lowest BCUT2D eigenvalue weighted by molar-refractivity contribution is -0.136. The van der Waals surface area contributed by atoms with Crippen LogP contribution >= 0.6 is 0 Å². The molecule has 0 aliphatic carbocycles. The molecule has 0 saturated carbocycles. The van der Waals surface area contributed by atoms with E-state index in [1.165, 1.54) is 6.33 Å². The highest BCUT2D eigenvalue weighted by Gasteiger charge is 2.44. The van der Waals surface area contributed by atoms with E-state index in [0.29, 0.717) is 6.54 Å². The first-order chi connectivity index (χ1) is 14.5. The van der Waals surface area contributed by atoms with Crippen molar-refractivity contribution < 1.29 is 19.2 Å². The number of anilines is 2. The normalized spacial score (nSPS) is 20.6. The van der Waals surface area contributed by atoms with E-state index in [1.54, 1.807) is 18.3 Å². The number of rotatable bonds is 3. The summed E-state index contributed by atoms with van der Waals surface area (Å²) < 4.78 is 0. The number of imide groups is 2. The van der Waals surface area contributed by atoms with Gasteiger partial charge in [-0.15, -0.1) is 0 Å². The molecule has 0 radical (unpaired) electrons. The number of hydrogen-bond acceptors (Lipinski definition) is 8. The van der Waals surface area contributed by atoms with Crippen molar-refractivity contribution in [3.8, 4) is 0 Å². The minimum absolute atomic E-state index is 0.0968. The Labute approximate surface area is 171 Å². The van der Waals surface area contributed by atoms with Gasteiger partial charge < -0.3 is 10.2 Å². The zero-order valence-electron chi connectivity index (χ0n) is 15.9. The fourth-order valence-electron chi connectivity index (χ4n) is 4.12. The number of piperidine rings is 1. The molecule has 4 amide bonds. The van der Waals surface area contributed by atoms with E-state index < -0.39 is 29.7 Å². The van der Waals surface area contributed by atoms with Gasteiger partial charge in [0.25, 0.3) is 11.8 Å². The predicted octanol–water partition coefficient (Wildman–Crippen LogP) is 0.310. The average Bonchev–Trinajstić information content (AvgIpc) is 2.99. The standard InChI is InChI=1S/C20H18N6O4/c27-16-4-3-14(18(28)24-16)26-19(29)12-2-1-11(7-13(12)20(26)30)9-25-6-5-22-17-15(25)8-21-10-23-17/h1-2,7-8,10,14H,3-6,9H2,(H,21,22,23)(H,24,27,28). The van der Waals surface area contributed by atoms with Crippen LogP contribution in [0, 0.1) is 0 Å². The highest BCUT2D eigenvalue weighted by Crippen LogP contribution is 2.30. The number of hydrogen-bond donors (Lipinski definition) is 2. The van der Waals surface area contributed by atoms with Crippen molar-refractivity contribution in [2.45, 2.75) is 25.4 Å². The molecule has 152 valence electrons. The van der Waals surface area contributed by atoms with E-state index in [9.17, 15) is 19.2 Å². The smallest absolute Gasteiger partial charge is 0.262 e. The Balaban J connectivity index is 1.41. The van der Waals surface area contributed by atoms with Gasteiger partial charge in [-0.25, -0.2) is 9.97 Å². The molecule has 10 nitrogen and oxygen atoms in total. The topological polar surface area (TPSA) is 125 Å². The van der Waals surface area contributed by atoms with Gasteiger partial charge in [0, 0.05) is 26.1 Å². The number of carbonyl (C=O) groups excluding carboxylic acids is 4. The number of nitrogens with zero attached hydrogens (tertiary/aromatic N) is 4. The summed E-state index contributed by atoms with van der Waals surface area (Å²) in [5.41, 5.74) is 2.29. The summed E-state index contributed by atoms with van der Waals surface area (Å²) in [7, 11) is 0. The van der Waals surface area contributed by atoms with Gasteiger partial charge in [0.1, 0.15) is 12.4 Å². The van der Waals surface area contributed by atoms with Crippen LogP contribution in [-0.4, -0.2) is 57.6 Å². The predicted molar refractivity (Wildman–Crippen MR) is 105 cm³/mol. The van der Waals surface area contributed by atoms with Crippen molar-refractivity contribution in [1.29, 1.82) is 0 Å². The maximum atomic E-state index is 13.0. The summed E-state index contributed by atoms with van der Waals surface area (Å²) in [4.78, 5) is 60.8. The molecule has 1 atom stereocenters. The lowest BCUT2D eigenvalue weighted by Gasteiger charge is -2.30. The van der Waals surface area contributed by atoms with Crippen molar-refractivity contribution in [2.24, 2.45) is 0 Å². The maximum Gasteiger partial charge on any atom is 0.262 e. The first-order valence-corrected chi connectivity index (χ1v) is 9.66. The molecule has 0 spiro atoms. The molecule has 30 heavy (non-hydrogen) atoms. The van der Waals surface area contributed by atoms with Crippen LogP contribution < -0.4 is 15.5 Å². The number of fused-ring (bicyclic) bond motifs is 2. The Morgan fingerprint density at radius 3 is 2.77 bits per heavy atom. The minimum atomic E-state index is -0.962.